The molecule has 1 N–H and O–H groups in total. The molecule has 0 rings (SSSR count). The summed E-state index contributed by atoms with van der Waals surface area (Å²) in [5, 5.41) is 3.74. The number of nitrogens with one attached hydrogen (secondary N) is 1. The average Bonchev–Trinajstić information content (AvgIpc) is 2.52. The van der Waals surface area contributed by atoms with Gasteiger partial charge in [0, 0.05) is 0 Å². The van der Waals surface area contributed by atoms with Gasteiger partial charge in [-0.05, 0) is 0 Å². The third-order valence-electron chi connectivity index (χ3n) is 4.24. The average molecular weight is 389 g/mol. The molecule has 0 amide bonds. The van der Waals surface area contributed by atoms with Gasteiger partial charge in [0.25, 0.3) is 0 Å². The Balaban J connectivity index is 5.69. The summed E-state index contributed by atoms with van der Waals surface area (Å²) in [6.07, 6.45) is -0.273. The van der Waals surface area contributed by atoms with Crippen molar-refractivity contribution in [3.05, 3.63) is 0 Å². The van der Waals surface area contributed by atoms with E-state index in [-0.39, 0.29) is 6.29 Å². The van der Waals surface area contributed by atoms with Crippen molar-refractivity contribution in [2.24, 2.45) is 0 Å². The summed E-state index contributed by atoms with van der Waals surface area (Å²) in [5.74, 6) is -2.80. The van der Waals surface area contributed by atoms with Crippen LogP contribution >= 0.6 is 21.4 Å². The molecule has 0 spiro atoms. The Morgan fingerprint density at radius 3 is 1.48 bits per heavy atom. The summed E-state index contributed by atoms with van der Waals surface area (Å²) in [7, 11) is 9.76. The van der Waals surface area contributed by atoms with Gasteiger partial charge >= 0.3 is 139 Å². The molecule has 0 heterocycles. The maximum absolute atomic E-state index is 5.34. The van der Waals surface area contributed by atoms with E-state index >= 15 is 0 Å². The second kappa shape index (κ2) is 9.08. The van der Waals surface area contributed by atoms with Crippen molar-refractivity contribution < 1.29 is 9.47 Å². The molecule has 0 unspecified atom stereocenters. The quantitative estimate of drug-likeness (QED) is 0.433. The van der Waals surface area contributed by atoms with Crippen molar-refractivity contribution in [3.8, 4) is 0 Å². The minimum atomic E-state index is -2.80. The van der Waals surface area contributed by atoms with Gasteiger partial charge < -0.3 is 0 Å². The van der Waals surface area contributed by atoms with Crippen LogP contribution in [0.2, 0.25) is 0 Å². The first-order chi connectivity index (χ1) is 9.76. The van der Waals surface area contributed by atoms with Crippen LogP contribution in [0.1, 0.15) is 20.8 Å². The van der Waals surface area contributed by atoms with Crippen molar-refractivity contribution in [2.75, 3.05) is 61.5 Å². The van der Waals surface area contributed by atoms with Gasteiger partial charge in [-0.2, -0.15) is 0 Å². The SMILES string of the molecule is CCN(C)P(Br)(NCC(OC)OC)(N(C)CC)N(C)CC. The molecule has 8 heteroatoms. The van der Waals surface area contributed by atoms with E-state index in [0.717, 1.165) is 19.6 Å². The fourth-order valence-corrected chi connectivity index (χ4v) is 9.10. The molecule has 0 aromatic heterocycles. The van der Waals surface area contributed by atoms with Gasteiger partial charge in [0.15, 0.2) is 0 Å². The van der Waals surface area contributed by atoms with E-state index in [9.17, 15) is 0 Å². The molecule has 0 aliphatic heterocycles. The Morgan fingerprint density at radius 1 is 0.905 bits per heavy atom. The first-order valence-electron chi connectivity index (χ1n) is 7.45. The molecule has 0 saturated heterocycles. The van der Waals surface area contributed by atoms with Crippen LogP contribution in [0.25, 0.3) is 0 Å². The van der Waals surface area contributed by atoms with Gasteiger partial charge in [-0.3, -0.25) is 0 Å². The summed E-state index contributed by atoms with van der Waals surface area (Å²) in [6.45, 7) is 9.89. The van der Waals surface area contributed by atoms with Crippen molar-refractivity contribution in [1.82, 2.24) is 19.1 Å². The van der Waals surface area contributed by atoms with E-state index in [1.807, 2.05) is 0 Å². The van der Waals surface area contributed by atoms with Crippen LogP contribution in [-0.2, 0) is 9.47 Å². The number of hydrogen-bond donors (Lipinski definition) is 1. The van der Waals surface area contributed by atoms with Crippen LogP contribution in [0.3, 0.4) is 0 Å². The molecule has 0 atom stereocenters. The van der Waals surface area contributed by atoms with Crippen molar-refractivity contribution >= 4 is 21.4 Å². The van der Waals surface area contributed by atoms with Gasteiger partial charge in [0.1, 0.15) is 0 Å². The third-order valence-corrected chi connectivity index (χ3v) is 15.1. The van der Waals surface area contributed by atoms with Crippen molar-refractivity contribution in [2.45, 2.75) is 27.1 Å². The molecule has 0 aromatic rings. The summed E-state index contributed by atoms with van der Waals surface area (Å²) in [5.41, 5.74) is 0. The van der Waals surface area contributed by atoms with E-state index in [4.69, 9.17) is 9.47 Å². The standard InChI is InChI=1S/C13H34BrN4O2P/c1-9-16(4)21(14,17(5)10-2,18(6)11-3)15-12-13(19-7)20-8/h13,15H,9-12H2,1-8H3. The fourth-order valence-electron chi connectivity index (χ4n) is 2.39. The number of methoxy groups -OCH3 is 2. The normalized spacial score (nSPS) is 15.2. The summed E-state index contributed by atoms with van der Waals surface area (Å²) < 4.78 is 17.8. The van der Waals surface area contributed by atoms with Crippen LogP contribution in [0.5, 0.6) is 0 Å². The van der Waals surface area contributed by atoms with Crippen LogP contribution < -0.4 is 5.09 Å². The zero-order valence-corrected chi connectivity index (χ0v) is 17.4. The van der Waals surface area contributed by atoms with Crippen LogP contribution in [-0.4, -0.2) is 81.8 Å². The van der Waals surface area contributed by atoms with E-state index in [1.165, 1.54) is 0 Å². The Hall–Kier alpha value is 0.670. The maximum atomic E-state index is 5.34. The molecule has 21 heavy (non-hydrogen) atoms. The number of halogens is 1. The first kappa shape index (κ1) is 21.7. The molecule has 0 aromatic carbocycles. The van der Waals surface area contributed by atoms with E-state index in [0.29, 0.717) is 6.54 Å². The van der Waals surface area contributed by atoms with Crippen molar-refractivity contribution in [1.29, 1.82) is 0 Å². The number of ether oxygens (including phenoxy) is 2. The predicted molar refractivity (Wildman–Crippen MR) is 96.6 cm³/mol. The van der Waals surface area contributed by atoms with E-state index in [1.54, 1.807) is 14.2 Å². The molecule has 130 valence electrons. The van der Waals surface area contributed by atoms with Gasteiger partial charge in [0.05, 0.1) is 0 Å². The first-order valence-corrected chi connectivity index (χ1v) is 11.6. The van der Waals surface area contributed by atoms with Crippen LogP contribution in [0.15, 0.2) is 0 Å². The minimum absolute atomic E-state index is 0.273. The zero-order valence-electron chi connectivity index (χ0n) is 14.9. The molecule has 0 saturated carbocycles. The molecule has 0 fully saturated rings. The molecule has 0 aliphatic carbocycles. The second-order valence-electron chi connectivity index (χ2n) is 5.06. The van der Waals surface area contributed by atoms with Gasteiger partial charge in [0.2, 0.25) is 0 Å². The number of nitrogens with zero attached hydrogens (tertiary/aromatic N) is 3. The molecular formula is C13H34BrN4O2P. The summed E-state index contributed by atoms with van der Waals surface area (Å²) in [4.78, 5) is 0. The fraction of sp³-hybridized carbons (Fsp3) is 1.00. The topological polar surface area (TPSA) is 40.2 Å². The van der Waals surface area contributed by atoms with Crippen LogP contribution in [0.4, 0.5) is 0 Å². The third kappa shape index (κ3) is 4.15. The molecule has 0 aliphatic rings. The van der Waals surface area contributed by atoms with Gasteiger partial charge in [-0.25, -0.2) is 0 Å². The Morgan fingerprint density at radius 2 is 1.24 bits per heavy atom. The monoisotopic (exact) mass is 388 g/mol. The summed E-state index contributed by atoms with van der Waals surface area (Å²) in [6, 6.07) is 0. The summed E-state index contributed by atoms with van der Waals surface area (Å²) >= 11 is 4.14. The Kier molecular flexibility index (Phi) is 9.37. The molecule has 0 bridgehead atoms. The number of rotatable bonds is 11. The zero-order chi connectivity index (χ0) is 16.7. The molecular weight excluding hydrogens is 355 g/mol. The Labute approximate surface area is 139 Å². The second-order valence-corrected chi connectivity index (χ2v) is 13.1. The Bertz CT molecular complexity index is 279. The van der Waals surface area contributed by atoms with E-state index < -0.39 is 5.91 Å². The van der Waals surface area contributed by atoms with E-state index in [2.05, 4.69) is 76.5 Å². The van der Waals surface area contributed by atoms with Gasteiger partial charge in [-0.1, -0.05) is 0 Å². The predicted octanol–water partition coefficient (Wildman–Crippen LogP) is 2.57. The van der Waals surface area contributed by atoms with Gasteiger partial charge in [-0.15, -0.1) is 0 Å². The van der Waals surface area contributed by atoms with Crippen LogP contribution in [0, 0.1) is 0 Å². The molecule has 6 nitrogen and oxygen atoms in total. The molecule has 0 radical (unpaired) electrons. The van der Waals surface area contributed by atoms with Crippen molar-refractivity contribution in [3.63, 3.8) is 0 Å². The number of hydrogen-bond acceptors (Lipinski definition) is 6.